The summed E-state index contributed by atoms with van der Waals surface area (Å²) in [5.74, 6) is -0.111. The molecule has 1 fully saturated rings. The Kier molecular flexibility index (Phi) is 5.42. The Balaban J connectivity index is 1.51. The topological polar surface area (TPSA) is 46.1 Å². The lowest BCUT2D eigenvalue weighted by Crippen LogP contribution is -2.32. The summed E-state index contributed by atoms with van der Waals surface area (Å²) in [7, 11) is 0. The molecule has 0 spiro atoms. The predicted molar refractivity (Wildman–Crippen MR) is 105 cm³/mol. The number of benzene rings is 1. The van der Waals surface area contributed by atoms with Gasteiger partial charge in [-0.1, -0.05) is 24.3 Å². The third-order valence-electron chi connectivity index (χ3n) is 5.18. The van der Waals surface area contributed by atoms with Gasteiger partial charge in [-0.3, -0.25) is 14.8 Å². The van der Waals surface area contributed by atoms with Crippen LogP contribution in [0.4, 0.5) is 4.39 Å². The molecule has 1 aliphatic rings. The van der Waals surface area contributed by atoms with E-state index < -0.39 is 0 Å². The van der Waals surface area contributed by atoms with Gasteiger partial charge in [0.05, 0.1) is 18.2 Å². The molecule has 1 atom stereocenters. The number of likely N-dealkylation sites (tertiary alicyclic amines) is 1. The molecule has 28 heavy (non-hydrogen) atoms. The number of hydrogen-bond acceptors (Lipinski definition) is 3. The number of carbonyl (C=O) groups is 1. The maximum Gasteiger partial charge on any atom is 0.227 e. The van der Waals surface area contributed by atoms with E-state index in [-0.39, 0.29) is 17.8 Å². The highest BCUT2D eigenvalue weighted by Crippen LogP contribution is 2.31. The molecule has 0 radical (unpaired) electrons. The molecule has 2 aromatic heterocycles. The number of pyridine rings is 2. The largest absolute Gasteiger partial charge is 0.334 e. The first-order valence-electron chi connectivity index (χ1n) is 9.58. The van der Waals surface area contributed by atoms with Crippen LogP contribution in [0.15, 0.2) is 67.0 Å². The highest BCUT2D eigenvalue weighted by atomic mass is 19.1. The van der Waals surface area contributed by atoms with E-state index in [4.69, 9.17) is 4.98 Å². The third kappa shape index (κ3) is 4.09. The summed E-state index contributed by atoms with van der Waals surface area (Å²) < 4.78 is 14.0. The van der Waals surface area contributed by atoms with Crippen LogP contribution in [0.3, 0.4) is 0 Å². The van der Waals surface area contributed by atoms with Crippen molar-refractivity contribution in [2.75, 3.05) is 6.54 Å². The van der Waals surface area contributed by atoms with Gasteiger partial charge in [0.1, 0.15) is 5.82 Å². The molecule has 1 aliphatic heterocycles. The highest BCUT2D eigenvalue weighted by molar-refractivity contribution is 5.79. The van der Waals surface area contributed by atoms with E-state index in [1.807, 2.05) is 41.3 Å². The van der Waals surface area contributed by atoms with Crippen molar-refractivity contribution in [2.24, 2.45) is 0 Å². The second-order valence-electron chi connectivity index (χ2n) is 7.10. The van der Waals surface area contributed by atoms with Crippen molar-refractivity contribution in [3.63, 3.8) is 0 Å². The van der Waals surface area contributed by atoms with Gasteiger partial charge in [0, 0.05) is 31.1 Å². The van der Waals surface area contributed by atoms with Crippen LogP contribution in [0.25, 0.3) is 0 Å². The Hall–Kier alpha value is -3.08. The van der Waals surface area contributed by atoms with Gasteiger partial charge in [0.15, 0.2) is 0 Å². The van der Waals surface area contributed by atoms with Crippen molar-refractivity contribution in [3.05, 3.63) is 95.3 Å². The molecular formula is C23H22FN3O. The summed E-state index contributed by atoms with van der Waals surface area (Å²) in [6.07, 6.45) is 6.09. The van der Waals surface area contributed by atoms with Gasteiger partial charge in [0.25, 0.3) is 0 Å². The van der Waals surface area contributed by atoms with Gasteiger partial charge in [-0.15, -0.1) is 0 Å². The van der Waals surface area contributed by atoms with Crippen LogP contribution in [0.5, 0.6) is 0 Å². The summed E-state index contributed by atoms with van der Waals surface area (Å²) in [6.45, 7) is 0.744. The van der Waals surface area contributed by atoms with Crippen LogP contribution in [0.1, 0.15) is 41.4 Å². The molecule has 1 aromatic carbocycles. The van der Waals surface area contributed by atoms with E-state index in [9.17, 15) is 9.18 Å². The summed E-state index contributed by atoms with van der Waals surface area (Å²) in [5.41, 5.74) is 3.29. The minimum atomic E-state index is -0.218. The lowest BCUT2D eigenvalue weighted by atomic mass is 10.1. The molecule has 0 aliphatic carbocycles. The quantitative estimate of drug-likeness (QED) is 0.674. The van der Waals surface area contributed by atoms with E-state index in [2.05, 4.69) is 4.98 Å². The first kappa shape index (κ1) is 18.3. The zero-order valence-electron chi connectivity index (χ0n) is 15.6. The van der Waals surface area contributed by atoms with Crippen molar-refractivity contribution in [1.82, 2.24) is 14.9 Å². The molecule has 3 heterocycles. The first-order valence-corrected chi connectivity index (χ1v) is 9.58. The number of nitrogens with zero attached hydrogens (tertiary/aromatic N) is 3. The molecule has 1 amide bonds. The molecule has 0 saturated carbocycles. The van der Waals surface area contributed by atoms with Gasteiger partial charge in [-0.2, -0.15) is 0 Å². The summed E-state index contributed by atoms with van der Waals surface area (Å²) in [5, 5.41) is 0. The number of rotatable bonds is 5. The Morgan fingerprint density at radius 1 is 1.07 bits per heavy atom. The Morgan fingerprint density at radius 3 is 2.71 bits per heavy atom. The van der Waals surface area contributed by atoms with Crippen LogP contribution in [0.2, 0.25) is 0 Å². The van der Waals surface area contributed by atoms with Crippen LogP contribution in [0, 0.1) is 5.82 Å². The number of carbonyl (C=O) groups excluding carboxylic acids is 1. The van der Waals surface area contributed by atoms with Crippen molar-refractivity contribution in [1.29, 1.82) is 0 Å². The van der Waals surface area contributed by atoms with Crippen molar-refractivity contribution in [3.8, 4) is 0 Å². The minimum absolute atomic E-state index is 0.0186. The monoisotopic (exact) mass is 375 g/mol. The SMILES string of the molecule is O=C(Cc1ccncc1)N1CCCC1c1cccc(Cc2ccccc2F)n1. The second-order valence-corrected chi connectivity index (χ2v) is 7.10. The van der Waals surface area contributed by atoms with Crippen LogP contribution >= 0.6 is 0 Å². The average Bonchev–Trinajstić information content (AvgIpc) is 3.21. The van der Waals surface area contributed by atoms with Gasteiger partial charge < -0.3 is 4.90 Å². The molecule has 4 rings (SSSR count). The zero-order valence-corrected chi connectivity index (χ0v) is 15.6. The minimum Gasteiger partial charge on any atom is -0.334 e. The molecule has 3 aromatic rings. The summed E-state index contributed by atoms with van der Waals surface area (Å²) >= 11 is 0. The van der Waals surface area contributed by atoms with Gasteiger partial charge in [-0.05, 0) is 54.3 Å². The van der Waals surface area contributed by atoms with Crippen LogP contribution in [-0.4, -0.2) is 27.3 Å². The Labute approximate surface area is 164 Å². The number of aromatic nitrogens is 2. The van der Waals surface area contributed by atoms with Gasteiger partial charge in [0.2, 0.25) is 5.91 Å². The summed E-state index contributed by atoms with van der Waals surface area (Å²) in [6, 6.07) is 16.3. The number of hydrogen-bond donors (Lipinski definition) is 0. The van der Waals surface area contributed by atoms with E-state index in [0.29, 0.717) is 18.4 Å². The second kappa shape index (κ2) is 8.30. The fraction of sp³-hybridized carbons (Fsp3) is 0.261. The average molecular weight is 375 g/mol. The predicted octanol–water partition coefficient (Wildman–Crippen LogP) is 4.11. The maximum absolute atomic E-state index is 14.0. The fourth-order valence-electron chi connectivity index (χ4n) is 3.77. The van der Waals surface area contributed by atoms with Crippen LogP contribution < -0.4 is 0 Å². The molecule has 0 N–H and O–H groups in total. The first-order chi connectivity index (χ1) is 13.7. The number of amides is 1. The molecule has 1 saturated heterocycles. The number of halogens is 1. The molecule has 142 valence electrons. The standard InChI is InChI=1S/C23H22FN3O/c24-20-7-2-1-5-18(20)16-19-6-3-8-21(26-19)22-9-4-14-27(22)23(28)15-17-10-12-25-13-11-17/h1-3,5-8,10-13,22H,4,9,14-16H2. The van der Waals surface area contributed by atoms with E-state index in [0.717, 1.165) is 36.3 Å². The van der Waals surface area contributed by atoms with E-state index >= 15 is 0 Å². The van der Waals surface area contributed by atoms with Crippen molar-refractivity contribution in [2.45, 2.75) is 31.7 Å². The third-order valence-corrected chi connectivity index (χ3v) is 5.18. The molecular weight excluding hydrogens is 353 g/mol. The lowest BCUT2D eigenvalue weighted by Gasteiger charge is -2.25. The molecule has 5 heteroatoms. The fourth-order valence-corrected chi connectivity index (χ4v) is 3.77. The molecule has 0 bridgehead atoms. The van der Waals surface area contributed by atoms with Crippen molar-refractivity contribution < 1.29 is 9.18 Å². The van der Waals surface area contributed by atoms with Crippen molar-refractivity contribution >= 4 is 5.91 Å². The van der Waals surface area contributed by atoms with Gasteiger partial charge in [-0.25, -0.2) is 4.39 Å². The smallest absolute Gasteiger partial charge is 0.227 e. The Bertz CT molecular complexity index is 961. The highest BCUT2D eigenvalue weighted by Gasteiger charge is 2.30. The molecule has 4 nitrogen and oxygen atoms in total. The lowest BCUT2D eigenvalue weighted by molar-refractivity contribution is -0.131. The van der Waals surface area contributed by atoms with E-state index in [1.165, 1.54) is 6.07 Å². The van der Waals surface area contributed by atoms with Gasteiger partial charge >= 0.3 is 0 Å². The maximum atomic E-state index is 14.0. The summed E-state index contributed by atoms with van der Waals surface area (Å²) in [4.78, 5) is 23.5. The Morgan fingerprint density at radius 2 is 1.89 bits per heavy atom. The zero-order chi connectivity index (χ0) is 19.3. The van der Waals surface area contributed by atoms with E-state index in [1.54, 1.807) is 24.5 Å². The van der Waals surface area contributed by atoms with Crippen LogP contribution in [-0.2, 0) is 17.6 Å². The molecule has 1 unspecified atom stereocenters. The normalized spacial score (nSPS) is 16.3.